The number of hydrogen-bond donors (Lipinski definition) is 1. The standard InChI is InChI=1S/C16H24N4O/c1-4-11-20-14-8-6-5-7-13(14)18-15(20)12-17-10-9-16(21)19(2)3/h5-8,17H,4,9-12H2,1-3H3. The lowest BCUT2D eigenvalue weighted by atomic mass is 10.3. The summed E-state index contributed by atoms with van der Waals surface area (Å²) in [5.41, 5.74) is 2.22. The Labute approximate surface area is 126 Å². The normalized spacial score (nSPS) is 11.0. The lowest BCUT2D eigenvalue weighted by molar-refractivity contribution is -0.128. The highest BCUT2D eigenvalue weighted by atomic mass is 16.2. The fraction of sp³-hybridized carbons (Fsp3) is 0.500. The van der Waals surface area contributed by atoms with E-state index in [0.29, 0.717) is 19.5 Å². The minimum absolute atomic E-state index is 0.143. The summed E-state index contributed by atoms with van der Waals surface area (Å²) in [4.78, 5) is 17.8. The van der Waals surface area contributed by atoms with Gasteiger partial charge in [0, 0.05) is 33.6 Å². The van der Waals surface area contributed by atoms with Crippen LogP contribution >= 0.6 is 0 Å². The largest absolute Gasteiger partial charge is 0.349 e. The van der Waals surface area contributed by atoms with Gasteiger partial charge in [0.15, 0.2) is 0 Å². The Bertz CT molecular complexity index is 603. The van der Waals surface area contributed by atoms with E-state index in [1.54, 1.807) is 19.0 Å². The van der Waals surface area contributed by atoms with Crippen molar-refractivity contribution < 1.29 is 4.79 Å². The highest BCUT2D eigenvalue weighted by molar-refractivity contribution is 5.76. The number of imidazole rings is 1. The fourth-order valence-corrected chi connectivity index (χ4v) is 2.35. The number of fused-ring (bicyclic) bond motifs is 1. The van der Waals surface area contributed by atoms with E-state index in [-0.39, 0.29) is 5.91 Å². The molecule has 2 aromatic rings. The van der Waals surface area contributed by atoms with Crippen molar-refractivity contribution in [3.63, 3.8) is 0 Å². The van der Waals surface area contributed by atoms with Crippen molar-refractivity contribution in [2.45, 2.75) is 32.9 Å². The number of carbonyl (C=O) groups is 1. The highest BCUT2D eigenvalue weighted by Gasteiger charge is 2.09. The van der Waals surface area contributed by atoms with Crippen molar-refractivity contribution in [1.82, 2.24) is 19.8 Å². The first kappa shape index (κ1) is 15.5. The van der Waals surface area contributed by atoms with Gasteiger partial charge in [0.05, 0.1) is 17.6 Å². The molecule has 114 valence electrons. The maximum absolute atomic E-state index is 11.5. The molecule has 21 heavy (non-hydrogen) atoms. The second-order valence-corrected chi connectivity index (χ2v) is 5.38. The van der Waals surface area contributed by atoms with E-state index in [2.05, 4.69) is 27.9 Å². The van der Waals surface area contributed by atoms with Crippen LogP contribution in [0.2, 0.25) is 0 Å². The molecule has 0 radical (unpaired) electrons. The number of amides is 1. The molecule has 0 spiro atoms. The van der Waals surface area contributed by atoms with E-state index in [0.717, 1.165) is 24.3 Å². The molecule has 0 saturated carbocycles. The molecule has 1 N–H and O–H groups in total. The van der Waals surface area contributed by atoms with E-state index in [4.69, 9.17) is 0 Å². The molecule has 1 aromatic carbocycles. The second kappa shape index (κ2) is 7.22. The first-order valence-corrected chi connectivity index (χ1v) is 7.48. The average molecular weight is 288 g/mol. The number of para-hydroxylation sites is 2. The van der Waals surface area contributed by atoms with Crippen LogP contribution in [-0.4, -0.2) is 41.0 Å². The van der Waals surface area contributed by atoms with Crippen molar-refractivity contribution >= 4 is 16.9 Å². The summed E-state index contributed by atoms with van der Waals surface area (Å²) in [6.45, 7) is 4.50. The summed E-state index contributed by atoms with van der Waals surface area (Å²) in [5, 5.41) is 3.32. The quantitative estimate of drug-likeness (QED) is 0.793. The zero-order valence-corrected chi connectivity index (χ0v) is 13.1. The summed E-state index contributed by atoms with van der Waals surface area (Å²) >= 11 is 0. The van der Waals surface area contributed by atoms with Gasteiger partial charge in [-0.25, -0.2) is 4.98 Å². The van der Waals surface area contributed by atoms with Crippen LogP contribution in [0.4, 0.5) is 0 Å². The lowest BCUT2D eigenvalue weighted by Gasteiger charge is -2.11. The summed E-state index contributed by atoms with van der Waals surface area (Å²) in [7, 11) is 3.56. The molecule has 0 unspecified atom stereocenters. The summed E-state index contributed by atoms with van der Waals surface area (Å²) in [6.07, 6.45) is 1.59. The Morgan fingerprint density at radius 2 is 2.10 bits per heavy atom. The maximum atomic E-state index is 11.5. The smallest absolute Gasteiger partial charge is 0.223 e. The van der Waals surface area contributed by atoms with Gasteiger partial charge < -0.3 is 14.8 Å². The third-order valence-corrected chi connectivity index (χ3v) is 3.48. The van der Waals surface area contributed by atoms with Crippen LogP contribution < -0.4 is 5.32 Å². The van der Waals surface area contributed by atoms with Crippen molar-refractivity contribution in [2.24, 2.45) is 0 Å². The molecule has 5 heteroatoms. The topological polar surface area (TPSA) is 50.2 Å². The molecule has 0 fully saturated rings. The monoisotopic (exact) mass is 288 g/mol. The van der Waals surface area contributed by atoms with Gasteiger partial charge in [0.25, 0.3) is 0 Å². The van der Waals surface area contributed by atoms with Crippen LogP contribution in [0.3, 0.4) is 0 Å². The maximum Gasteiger partial charge on any atom is 0.223 e. The first-order chi connectivity index (χ1) is 10.1. The number of benzene rings is 1. The molecule has 0 atom stereocenters. The summed E-state index contributed by atoms with van der Waals surface area (Å²) < 4.78 is 2.26. The van der Waals surface area contributed by atoms with Gasteiger partial charge in [0.2, 0.25) is 5.91 Å². The van der Waals surface area contributed by atoms with Crippen LogP contribution in [0.25, 0.3) is 11.0 Å². The molecule has 0 aliphatic rings. The lowest BCUT2D eigenvalue weighted by Crippen LogP contribution is -2.27. The summed E-state index contributed by atoms with van der Waals surface area (Å²) in [6, 6.07) is 8.21. The van der Waals surface area contributed by atoms with Crippen molar-refractivity contribution in [2.75, 3.05) is 20.6 Å². The third-order valence-electron chi connectivity index (χ3n) is 3.48. The zero-order chi connectivity index (χ0) is 15.2. The van der Waals surface area contributed by atoms with E-state index in [1.165, 1.54) is 5.52 Å². The number of aryl methyl sites for hydroxylation is 1. The van der Waals surface area contributed by atoms with Gasteiger partial charge in [-0.3, -0.25) is 4.79 Å². The number of carbonyl (C=O) groups excluding carboxylic acids is 1. The number of rotatable bonds is 7. The Morgan fingerprint density at radius 3 is 2.81 bits per heavy atom. The van der Waals surface area contributed by atoms with E-state index < -0.39 is 0 Å². The van der Waals surface area contributed by atoms with Crippen LogP contribution in [0, 0.1) is 0 Å². The molecule has 2 rings (SSSR count). The van der Waals surface area contributed by atoms with E-state index in [1.807, 2.05) is 18.2 Å². The van der Waals surface area contributed by atoms with Crippen molar-refractivity contribution in [3.8, 4) is 0 Å². The molecule has 0 bridgehead atoms. The second-order valence-electron chi connectivity index (χ2n) is 5.38. The number of aromatic nitrogens is 2. The minimum Gasteiger partial charge on any atom is -0.349 e. The van der Waals surface area contributed by atoms with Crippen LogP contribution in [0.1, 0.15) is 25.6 Å². The molecule has 1 aromatic heterocycles. The molecular weight excluding hydrogens is 264 g/mol. The third kappa shape index (κ3) is 3.82. The molecule has 1 heterocycles. The molecule has 0 aliphatic carbocycles. The van der Waals surface area contributed by atoms with E-state index in [9.17, 15) is 4.79 Å². The SMILES string of the molecule is CCCn1c(CNCCC(=O)N(C)C)nc2ccccc21. The van der Waals surface area contributed by atoms with Gasteiger partial charge in [-0.2, -0.15) is 0 Å². The Hall–Kier alpha value is -1.88. The number of hydrogen-bond acceptors (Lipinski definition) is 3. The molecule has 1 amide bonds. The van der Waals surface area contributed by atoms with Crippen molar-refractivity contribution in [1.29, 1.82) is 0 Å². The first-order valence-electron chi connectivity index (χ1n) is 7.48. The van der Waals surface area contributed by atoms with Crippen LogP contribution in [0.5, 0.6) is 0 Å². The van der Waals surface area contributed by atoms with E-state index >= 15 is 0 Å². The summed E-state index contributed by atoms with van der Waals surface area (Å²) in [5.74, 6) is 1.18. The minimum atomic E-state index is 0.143. The van der Waals surface area contributed by atoms with Crippen LogP contribution in [-0.2, 0) is 17.9 Å². The fourth-order valence-electron chi connectivity index (χ4n) is 2.35. The van der Waals surface area contributed by atoms with Gasteiger partial charge in [-0.05, 0) is 18.6 Å². The Kier molecular flexibility index (Phi) is 5.33. The molecular formula is C16H24N4O. The van der Waals surface area contributed by atoms with Gasteiger partial charge in [-0.15, -0.1) is 0 Å². The molecule has 0 aliphatic heterocycles. The number of nitrogens with one attached hydrogen (secondary N) is 1. The van der Waals surface area contributed by atoms with Gasteiger partial charge in [0.1, 0.15) is 5.82 Å². The van der Waals surface area contributed by atoms with Gasteiger partial charge >= 0.3 is 0 Å². The predicted molar refractivity (Wildman–Crippen MR) is 85.0 cm³/mol. The van der Waals surface area contributed by atoms with Crippen molar-refractivity contribution in [3.05, 3.63) is 30.1 Å². The average Bonchev–Trinajstić information content (AvgIpc) is 2.82. The molecule has 5 nitrogen and oxygen atoms in total. The Morgan fingerprint density at radius 1 is 1.33 bits per heavy atom. The molecule has 0 saturated heterocycles. The zero-order valence-electron chi connectivity index (χ0n) is 13.1. The highest BCUT2D eigenvalue weighted by Crippen LogP contribution is 2.16. The Balaban J connectivity index is 2.01. The number of nitrogens with zero attached hydrogens (tertiary/aromatic N) is 3. The van der Waals surface area contributed by atoms with Crippen LogP contribution in [0.15, 0.2) is 24.3 Å². The van der Waals surface area contributed by atoms with Gasteiger partial charge in [-0.1, -0.05) is 19.1 Å². The predicted octanol–water partition coefficient (Wildman–Crippen LogP) is 2.01.